The third-order valence-electron chi connectivity index (χ3n) is 6.45. The molecule has 5 heteroatoms. The molecule has 0 unspecified atom stereocenters. The van der Waals surface area contributed by atoms with Crippen LogP contribution in [-0.4, -0.2) is 33.3 Å². The van der Waals surface area contributed by atoms with E-state index in [0.717, 1.165) is 60.2 Å². The lowest BCUT2D eigenvalue weighted by Gasteiger charge is -2.38. The fraction of sp³-hybridized carbons (Fsp3) is 0.226. The SMILES string of the molecule is COc1cccc(N2CCN(c3cc(OCc4ccccc4)ccc3OCc3ccccc3)CC2)c1. The highest BCUT2D eigenvalue weighted by molar-refractivity contribution is 5.63. The maximum absolute atomic E-state index is 6.31. The molecule has 5 nitrogen and oxygen atoms in total. The van der Waals surface area contributed by atoms with Gasteiger partial charge in [0.15, 0.2) is 0 Å². The summed E-state index contributed by atoms with van der Waals surface area (Å²) in [4.78, 5) is 4.80. The maximum atomic E-state index is 6.31. The van der Waals surface area contributed by atoms with E-state index in [2.05, 4.69) is 52.3 Å². The van der Waals surface area contributed by atoms with Crippen LogP contribution in [0.1, 0.15) is 11.1 Å². The third kappa shape index (κ3) is 5.92. The Labute approximate surface area is 213 Å². The van der Waals surface area contributed by atoms with Crippen LogP contribution in [0.5, 0.6) is 17.2 Å². The molecule has 1 saturated heterocycles. The standard InChI is InChI=1S/C31H32N2O3/c1-34-28-14-8-13-27(21-28)32-17-19-33(20-18-32)30-22-29(35-23-25-9-4-2-5-10-25)15-16-31(30)36-24-26-11-6-3-7-12-26/h2-16,21-22H,17-20,23-24H2,1H3. The van der Waals surface area contributed by atoms with Gasteiger partial charge in [0.2, 0.25) is 0 Å². The fourth-order valence-electron chi connectivity index (χ4n) is 4.45. The summed E-state index contributed by atoms with van der Waals surface area (Å²) in [7, 11) is 1.71. The van der Waals surface area contributed by atoms with Gasteiger partial charge >= 0.3 is 0 Å². The molecular formula is C31H32N2O3. The molecule has 4 aromatic carbocycles. The van der Waals surface area contributed by atoms with Gasteiger partial charge in [-0.05, 0) is 35.4 Å². The van der Waals surface area contributed by atoms with Crippen LogP contribution < -0.4 is 24.0 Å². The monoisotopic (exact) mass is 480 g/mol. The van der Waals surface area contributed by atoms with E-state index in [-0.39, 0.29) is 0 Å². The molecule has 0 aliphatic carbocycles. The zero-order valence-electron chi connectivity index (χ0n) is 20.7. The Balaban J connectivity index is 1.32. The van der Waals surface area contributed by atoms with E-state index in [1.54, 1.807) is 7.11 Å². The van der Waals surface area contributed by atoms with Crippen molar-refractivity contribution in [2.24, 2.45) is 0 Å². The van der Waals surface area contributed by atoms with E-state index in [4.69, 9.17) is 14.2 Å². The molecule has 0 saturated carbocycles. The molecule has 36 heavy (non-hydrogen) atoms. The largest absolute Gasteiger partial charge is 0.497 e. The van der Waals surface area contributed by atoms with E-state index in [1.807, 2.05) is 60.7 Å². The second kappa shape index (κ2) is 11.5. The van der Waals surface area contributed by atoms with Gasteiger partial charge in [0, 0.05) is 44.0 Å². The Hall–Kier alpha value is -4.12. The summed E-state index contributed by atoms with van der Waals surface area (Å²) in [6.45, 7) is 4.68. The van der Waals surface area contributed by atoms with Gasteiger partial charge in [-0.2, -0.15) is 0 Å². The third-order valence-corrected chi connectivity index (χ3v) is 6.45. The second-order valence-electron chi connectivity index (χ2n) is 8.85. The van der Waals surface area contributed by atoms with Gasteiger partial charge < -0.3 is 24.0 Å². The van der Waals surface area contributed by atoms with Crippen LogP contribution in [0.3, 0.4) is 0 Å². The first-order valence-corrected chi connectivity index (χ1v) is 12.4. The smallest absolute Gasteiger partial charge is 0.143 e. The predicted octanol–water partition coefficient (Wildman–Crippen LogP) is 6.18. The molecule has 0 radical (unpaired) electrons. The highest BCUT2D eigenvalue weighted by Gasteiger charge is 2.21. The predicted molar refractivity (Wildman–Crippen MR) is 145 cm³/mol. The lowest BCUT2D eigenvalue weighted by molar-refractivity contribution is 0.297. The zero-order valence-corrected chi connectivity index (χ0v) is 20.7. The summed E-state index contributed by atoms with van der Waals surface area (Å²) < 4.78 is 17.9. The summed E-state index contributed by atoms with van der Waals surface area (Å²) >= 11 is 0. The molecule has 0 spiro atoms. The Morgan fingerprint density at radius 1 is 0.583 bits per heavy atom. The highest BCUT2D eigenvalue weighted by atomic mass is 16.5. The van der Waals surface area contributed by atoms with Crippen LogP contribution in [0.25, 0.3) is 0 Å². The molecule has 1 aliphatic heterocycles. The minimum absolute atomic E-state index is 0.530. The van der Waals surface area contributed by atoms with Gasteiger partial charge in [0.25, 0.3) is 0 Å². The summed E-state index contributed by atoms with van der Waals surface area (Å²) in [5.74, 6) is 2.60. The van der Waals surface area contributed by atoms with Gasteiger partial charge in [-0.3, -0.25) is 0 Å². The van der Waals surface area contributed by atoms with E-state index >= 15 is 0 Å². The summed E-state index contributed by atoms with van der Waals surface area (Å²) in [5.41, 5.74) is 4.56. The number of hydrogen-bond acceptors (Lipinski definition) is 5. The van der Waals surface area contributed by atoms with Crippen LogP contribution in [0, 0.1) is 0 Å². The maximum Gasteiger partial charge on any atom is 0.143 e. The quantitative estimate of drug-likeness (QED) is 0.286. The second-order valence-corrected chi connectivity index (χ2v) is 8.85. The molecule has 0 N–H and O–H groups in total. The first-order valence-electron chi connectivity index (χ1n) is 12.4. The van der Waals surface area contributed by atoms with Crippen molar-refractivity contribution >= 4 is 11.4 Å². The molecule has 1 heterocycles. The van der Waals surface area contributed by atoms with Crippen molar-refractivity contribution in [3.63, 3.8) is 0 Å². The van der Waals surface area contributed by atoms with Crippen molar-refractivity contribution in [2.75, 3.05) is 43.1 Å². The molecule has 0 atom stereocenters. The van der Waals surface area contributed by atoms with Gasteiger partial charge in [-0.15, -0.1) is 0 Å². The fourth-order valence-corrected chi connectivity index (χ4v) is 4.45. The lowest BCUT2D eigenvalue weighted by atomic mass is 10.2. The minimum atomic E-state index is 0.530. The topological polar surface area (TPSA) is 34.2 Å². The molecule has 1 fully saturated rings. The molecule has 0 bridgehead atoms. The molecular weight excluding hydrogens is 448 g/mol. The van der Waals surface area contributed by atoms with Crippen molar-refractivity contribution in [2.45, 2.75) is 13.2 Å². The Morgan fingerprint density at radius 3 is 1.89 bits per heavy atom. The van der Waals surface area contributed by atoms with Gasteiger partial charge in [-0.1, -0.05) is 66.7 Å². The van der Waals surface area contributed by atoms with Gasteiger partial charge in [0.1, 0.15) is 30.5 Å². The van der Waals surface area contributed by atoms with Crippen LogP contribution >= 0.6 is 0 Å². The number of hydrogen-bond donors (Lipinski definition) is 0. The molecule has 0 amide bonds. The number of ether oxygens (including phenoxy) is 3. The molecule has 184 valence electrons. The van der Waals surface area contributed by atoms with Crippen molar-refractivity contribution < 1.29 is 14.2 Å². The molecule has 5 rings (SSSR count). The van der Waals surface area contributed by atoms with Crippen LogP contribution in [0.2, 0.25) is 0 Å². The Morgan fingerprint density at radius 2 is 1.22 bits per heavy atom. The van der Waals surface area contributed by atoms with E-state index in [9.17, 15) is 0 Å². The number of nitrogens with zero attached hydrogens (tertiary/aromatic N) is 2. The minimum Gasteiger partial charge on any atom is -0.497 e. The molecule has 0 aromatic heterocycles. The highest BCUT2D eigenvalue weighted by Crippen LogP contribution is 2.35. The molecule has 1 aliphatic rings. The van der Waals surface area contributed by atoms with Crippen molar-refractivity contribution in [3.05, 3.63) is 114 Å². The van der Waals surface area contributed by atoms with E-state index in [1.165, 1.54) is 5.69 Å². The van der Waals surface area contributed by atoms with E-state index in [0.29, 0.717) is 13.2 Å². The van der Waals surface area contributed by atoms with Crippen molar-refractivity contribution in [3.8, 4) is 17.2 Å². The average Bonchev–Trinajstić information content (AvgIpc) is 2.96. The van der Waals surface area contributed by atoms with Gasteiger partial charge in [-0.25, -0.2) is 0 Å². The number of rotatable bonds is 9. The van der Waals surface area contributed by atoms with Crippen molar-refractivity contribution in [1.82, 2.24) is 0 Å². The Bertz CT molecular complexity index is 1240. The summed E-state index contributed by atoms with van der Waals surface area (Å²) in [5, 5.41) is 0. The van der Waals surface area contributed by atoms with Gasteiger partial charge in [0.05, 0.1) is 12.8 Å². The summed E-state index contributed by atoms with van der Waals surface area (Å²) in [6, 6.07) is 34.9. The van der Waals surface area contributed by atoms with Crippen LogP contribution in [0.15, 0.2) is 103 Å². The normalized spacial score (nSPS) is 13.4. The van der Waals surface area contributed by atoms with E-state index < -0.39 is 0 Å². The number of methoxy groups -OCH3 is 1. The first-order chi connectivity index (χ1) is 17.8. The Kier molecular flexibility index (Phi) is 7.57. The zero-order chi connectivity index (χ0) is 24.6. The average molecular weight is 481 g/mol. The summed E-state index contributed by atoms with van der Waals surface area (Å²) in [6.07, 6.45) is 0. The lowest BCUT2D eigenvalue weighted by Crippen LogP contribution is -2.46. The molecule has 4 aromatic rings. The van der Waals surface area contributed by atoms with Crippen molar-refractivity contribution in [1.29, 1.82) is 0 Å². The van der Waals surface area contributed by atoms with Crippen LogP contribution in [-0.2, 0) is 13.2 Å². The number of piperazine rings is 1. The number of benzene rings is 4. The number of anilines is 2. The first kappa shape index (κ1) is 23.6. The van der Waals surface area contributed by atoms with Crippen LogP contribution in [0.4, 0.5) is 11.4 Å².